The summed E-state index contributed by atoms with van der Waals surface area (Å²) in [6.07, 6.45) is 0.179. The first-order valence-electron chi connectivity index (χ1n) is 8.23. The molecule has 0 aromatic heterocycles. The van der Waals surface area contributed by atoms with Crippen LogP contribution in [0.3, 0.4) is 0 Å². The first-order valence-corrected chi connectivity index (χ1v) is 8.99. The van der Waals surface area contributed by atoms with Crippen molar-refractivity contribution in [2.75, 3.05) is 31.3 Å². The van der Waals surface area contributed by atoms with Crippen LogP contribution in [0, 0.1) is 11.3 Å². The van der Waals surface area contributed by atoms with Gasteiger partial charge in [0.2, 0.25) is 0 Å². The second kappa shape index (κ2) is 8.85. The number of ether oxygens (including phenoxy) is 3. The van der Waals surface area contributed by atoms with Gasteiger partial charge >= 0.3 is 0 Å². The maximum Gasteiger partial charge on any atom is 0.264 e. The van der Waals surface area contributed by atoms with Gasteiger partial charge < -0.3 is 19.1 Å². The van der Waals surface area contributed by atoms with E-state index in [1.54, 1.807) is 36.4 Å². The van der Waals surface area contributed by atoms with Crippen molar-refractivity contribution in [3.8, 4) is 23.3 Å². The Morgan fingerprint density at radius 1 is 1.15 bits per heavy atom. The van der Waals surface area contributed by atoms with E-state index in [4.69, 9.17) is 42.7 Å². The molecule has 1 heterocycles. The molecule has 6 nitrogen and oxygen atoms in total. The molecule has 1 amide bonds. The fourth-order valence-corrected chi connectivity index (χ4v) is 2.90. The fraction of sp³-hybridized carbons (Fsp3) is 0.263. The summed E-state index contributed by atoms with van der Waals surface area (Å²) in [7, 11) is 0. The predicted octanol–water partition coefficient (Wildman–Crippen LogP) is 4.09. The first kappa shape index (κ1) is 19.2. The number of nitrogens with zero attached hydrogens (tertiary/aromatic N) is 2. The second-order valence-electron chi connectivity index (χ2n) is 5.64. The van der Waals surface area contributed by atoms with E-state index < -0.39 is 0 Å². The molecule has 0 saturated carbocycles. The molecule has 2 aromatic rings. The molecule has 1 aliphatic heterocycles. The SMILES string of the molecule is N#CCCN(C(=O)COc1cc(Cl)ccc1Cl)c1ccc2c(c1)OCCO2. The molecule has 1 aliphatic rings. The van der Waals surface area contributed by atoms with Gasteiger partial charge in [-0.15, -0.1) is 0 Å². The van der Waals surface area contributed by atoms with E-state index in [1.807, 2.05) is 6.07 Å². The Morgan fingerprint density at radius 3 is 2.70 bits per heavy atom. The number of hydrogen-bond acceptors (Lipinski definition) is 5. The fourth-order valence-electron chi connectivity index (χ4n) is 2.56. The number of anilines is 1. The Bertz CT molecular complexity index is 882. The topological polar surface area (TPSA) is 71.8 Å². The van der Waals surface area contributed by atoms with Crippen LogP contribution in [-0.4, -0.2) is 32.3 Å². The van der Waals surface area contributed by atoms with Crippen molar-refractivity contribution in [1.82, 2.24) is 0 Å². The predicted molar refractivity (Wildman–Crippen MR) is 102 cm³/mol. The van der Waals surface area contributed by atoms with Gasteiger partial charge in [-0.05, 0) is 24.3 Å². The van der Waals surface area contributed by atoms with Gasteiger partial charge in [0, 0.05) is 29.4 Å². The Morgan fingerprint density at radius 2 is 1.93 bits per heavy atom. The van der Waals surface area contributed by atoms with Gasteiger partial charge in [0.15, 0.2) is 18.1 Å². The molecule has 8 heteroatoms. The monoisotopic (exact) mass is 406 g/mol. The van der Waals surface area contributed by atoms with Gasteiger partial charge in [0.05, 0.1) is 17.5 Å². The lowest BCUT2D eigenvalue weighted by Crippen LogP contribution is -2.35. The minimum Gasteiger partial charge on any atom is -0.486 e. The van der Waals surface area contributed by atoms with Crippen molar-refractivity contribution >= 4 is 34.8 Å². The van der Waals surface area contributed by atoms with E-state index in [0.717, 1.165) is 0 Å². The minimum absolute atomic E-state index is 0.179. The van der Waals surface area contributed by atoms with Gasteiger partial charge in [-0.2, -0.15) is 5.26 Å². The average Bonchev–Trinajstić information content (AvgIpc) is 2.68. The van der Waals surface area contributed by atoms with Crippen LogP contribution in [0.15, 0.2) is 36.4 Å². The van der Waals surface area contributed by atoms with Crippen LogP contribution in [0.1, 0.15) is 6.42 Å². The number of halogens is 2. The van der Waals surface area contributed by atoms with Gasteiger partial charge in [0.25, 0.3) is 5.91 Å². The van der Waals surface area contributed by atoms with E-state index >= 15 is 0 Å². The maximum atomic E-state index is 12.7. The lowest BCUT2D eigenvalue weighted by molar-refractivity contribution is -0.120. The molecule has 0 saturated heterocycles. The molecule has 0 unspecified atom stereocenters. The molecule has 0 fully saturated rings. The summed E-state index contributed by atoms with van der Waals surface area (Å²) in [6.45, 7) is 0.901. The average molecular weight is 407 g/mol. The highest BCUT2D eigenvalue weighted by atomic mass is 35.5. The number of nitriles is 1. The van der Waals surface area contributed by atoms with Crippen LogP contribution in [0.5, 0.6) is 17.2 Å². The molecule has 3 rings (SSSR count). The highest BCUT2D eigenvalue weighted by Crippen LogP contribution is 2.34. The summed E-state index contributed by atoms with van der Waals surface area (Å²) in [6, 6.07) is 12.0. The lowest BCUT2D eigenvalue weighted by Gasteiger charge is -2.25. The number of carbonyl (C=O) groups is 1. The van der Waals surface area contributed by atoms with E-state index in [1.165, 1.54) is 4.90 Å². The molecule has 0 radical (unpaired) electrons. The Hall–Kier alpha value is -2.62. The highest BCUT2D eigenvalue weighted by molar-refractivity contribution is 6.34. The standard InChI is InChI=1S/C19H16Cl2N2O4/c20-13-2-4-15(21)17(10-13)27-12-19(24)23(7-1-6-22)14-3-5-16-18(11-14)26-9-8-25-16/h2-5,10-11H,1,7-9,12H2. The van der Waals surface area contributed by atoms with Crippen molar-refractivity contribution in [2.45, 2.75) is 6.42 Å². The van der Waals surface area contributed by atoms with E-state index in [0.29, 0.717) is 46.2 Å². The molecular formula is C19H16Cl2N2O4. The highest BCUT2D eigenvalue weighted by Gasteiger charge is 2.20. The third-order valence-electron chi connectivity index (χ3n) is 3.83. The Balaban J connectivity index is 1.76. The minimum atomic E-state index is -0.321. The number of hydrogen-bond donors (Lipinski definition) is 0. The lowest BCUT2D eigenvalue weighted by atomic mass is 10.2. The third-order valence-corrected chi connectivity index (χ3v) is 4.38. The summed E-state index contributed by atoms with van der Waals surface area (Å²) in [5.41, 5.74) is 0.597. The normalized spacial score (nSPS) is 12.2. The quantitative estimate of drug-likeness (QED) is 0.722. The summed E-state index contributed by atoms with van der Waals surface area (Å²) in [4.78, 5) is 14.2. The largest absolute Gasteiger partial charge is 0.486 e. The Labute approximate surface area is 166 Å². The Kier molecular flexibility index (Phi) is 6.28. The van der Waals surface area contributed by atoms with Crippen LogP contribution in [0.4, 0.5) is 5.69 Å². The van der Waals surface area contributed by atoms with Crippen molar-refractivity contribution < 1.29 is 19.0 Å². The summed E-state index contributed by atoms with van der Waals surface area (Å²) >= 11 is 12.0. The molecule has 27 heavy (non-hydrogen) atoms. The van der Waals surface area contributed by atoms with Gasteiger partial charge in [-0.3, -0.25) is 4.79 Å². The van der Waals surface area contributed by atoms with Crippen LogP contribution in [-0.2, 0) is 4.79 Å². The molecule has 0 bridgehead atoms. The number of rotatable bonds is 6. The summed E-state index contributed by atoms with van der Waals surface area (Å²) in [5, 5.41) is 9.73. The zero-order valence-corrected chi connectivity index (χ0v) is 15.8. The van der Waals surface area contributed by atoms with Crippen molar-refractivity contribution in [3.05, 3.63) is 46.4 Å². The van der Waals surface area contributed by atoms with Gasteiger partial charge in [-0.25, -0.2) is 0 Å². The molecule has 0 N–H and O–H groups in total. The first-order chi connectivity index (χ1) is 13.1. The van der Waals surface area contributed by atoms with Crippen molar-refractivity contribution in [3.63, 3.8) is 0 Å². The van der Waals surface area contributed by atoms with Crippen molar-refractivity contribution in [2.24, 2.45) is 0 Å². The zero-order valence-electron chi connectivity index (χ0n) is 14.3. The number of carbonyl (C=O) groups excluding carboxylic acids is 1. The van der Waals surface area contributed by atoms with Crippen LogP contribution >= 0.6 is 23.2 Å². The maximum absolute atomic E-state index is 12.7. The molecular weight excluding hydrogens is 391 g/mol. The van der Waals surface area contributed by atoms with Gasteiger partial charge in [-0.1, -0.05) is 23.2 Å². The van der Waals surface area contributed by atoms with E-state index in [2.05, 4.69) is 0 Å². The molecule has 0 spiro atoms. The van der Waals surface area contributed by atoms with Crippen LogP contribution in [0.25, 0.3) is 0 Å². The second-order valence-corrected chi connectivity index (χ2v) is 6.49. The number of amides is 1. The van der Waals surface area contributed by atoms with E-state index in [9.17, 15) is 4.79 Å². The third kappa shape index (κ3) is 4.76. The smallest absolute Gasteiger partial charge is 0.264 e. The number of benzene rings is 2. The van der Waals surface area contributed by atoms with E-state index in [-0.39, 0.29) is 25.5 Å². The number of fused-ring (bicyclic) bond motifs is 1. The van der Waals surface area contributed by atoms with Crippen molar-refractivity contribution in [1.29, 1.82) is 5.26 Å². The molecule has 2 aromatic carbocycles. The zero-order chi connectivity index (χ0) is 19.2. The molecule has 0 atom stereocenters. The molecule has 140 valence electrons. The van der Waals surface area contributed by atoms with Crippen LogP contribution < -0.4 is 19.1 Å². The van der Waals surface area contributed by atoms with Crippen LogP contribution in [0.2, 0.25) is 10.0 Å². The summed E-state index contributed by atoms with van der Waals surface area (Å²) in [5.74, 6) is 1.19. The van der Waals surface area contributed by atoms with Gasteiger partial charge in [0.1, 0.15) is 19.0 Å². The summed E-state index contributed by atoms with van der Waals surface area (Å²) < 4.78 is 16.6. The molecule has 0 aliphatic carbocycles.